The van der Waals surface area contributed by atoms with Crippen LogP contribution in [0.25, 0.3) is 57.0 Å². The summed E-state index contributed by atoms with van der Waals surface area (Å²) < 4.78 is 95.4. The van der Waals surface area contributed by atoms with Gasteiger partial charge in [-0.2, -0.15) is 36.5 Å². The van der Waals surface area contributed by atoms with Crippen LogP contribution in [-0.2, 0) is 12.4 Å². The van der Waals surface area contributed by atoms with Crippen LogP contribution in [0.2, 0.25) is 10.0 Å². The van der Waals surface area contributed by atoms with Crippen molar-refractivity contribution in [1.82, 2.24) is 39.5 Å². The molecule has 0 aliphatic rings. The first kappa shape index (κ1) is 46.9. The molecule has 0 aliphatic heterocycles. The number of hydrogen-bond donors (Lipinski definition) is 0. The van der Waals surface area contributed by atoms with E-state index in [-0.39, 0.29) is 27.9 Å². The van der Waals surface area contributed by atoms with Gasteiger partial charge in [-0.1, -0.05) is 29.3 Å². The Morgan fingerprint density at radius 1 is 0.591 bits per heavy atom. The van der Waals surface area contributed by atoms with Crippen molar-refractivity contribution in [2.45, 2.75) is 47.0 Å². The van der Waals surface area contributed by atoms with Gasteiger partial charge in [0, 0.05) is 33.8 Å². The maximum absolute atomic E-state index is 15.2. The number of nitrogens with zero attached hydrogens (tertiary/aromatic N) is 8. The number of hydrogen-bond acceptors (Lipinski definition) is 8. The first-order valence-corrected chi connectivity index (χ1v) is 20.3. The molecule has 8 aromatic rings. The Bertz CT molecular complexity index is 3350. The third-order valence-electron chi connectivity index (χ3n) is 10.2. The summed E-state index contributed by atoms with van der Waals surface area (Å²) in [7, 11) is 0. The number of pyridine rings is 4. The highest BCUT2D eigenvalue weighted by molar-refractivity contribution is 6.30. The molecule has 0 fully saturated rings. The van der Waals surface area contributed by atoms with Gasteiger partial charge in [0.25, 0.3) is 0 Å². The molecule has 0 N–H and O–H groups in total. The van der Waals surface area contributed by atoms with Crippen molar-refractivity contribution >= 4 is 68.8 Å². The van der Waals surface area contributed by atoms with E-state index in [4.69, 9.17) is 23.2 Å². The number of alkyl halides is 6. The van der Waals surface area contributed by atoms with Gasteiger partial charge >= 0.3 is 12.4 Å². The number of aromatic nitrogens is 8. The number of fused-ring (bicyclic) bond motifs is 2. The fourth-order valence-corrected chi connectivity index (χ4v) is 6.77. The molecule has 6 heterocycles. The lowest BCUT2D eigenvalue weighted by molar-refractivity contribution is -0.142. The lowest BCUT2D eigenvalue weighted by atomic mass is 10.1. The Hall–Kier alpha value is -7.11. The van der Waals surface area contributed by atoms with Crippen molar-refractivity contribution in [1.29, 1.82) is 0 Å². The van der Waals surface area contributed by atoms with E-state index in [0.29, 0.717) is 49.4 Å². The summed E-state index contributed by atoms with van der Waals surface area (Å²) in [6.07, 6.45) is -4.87. The molecule has 0 aliphatic carbocycles. The molecule has 0 spiro atoms. The second-order valence-electron chi connectivity index (χ2n) is 14.9. The Kier molecular flexibility index (Phi) is 13.1. The van der Waals surface area contributed by atoms with Gasteiger partial charge in [-0.05, 0) is 153 Å². The number of benzene rings is 2. The smallest absolute Gasteiger partial charge is 0.285 e. The normalized spacial score (nSPS) is 12.4. The molecule has 66 heavy (non-hydrogen) atoms. The monoisotopic (exact) mass is 944 g/mol. The minimum absolute atomic E-state index is 0.00662. The summed E-state index contributed by atoms with van der Waals surface area (Å²) in [6.45, 7) is 8.86. The minimum atomic E-state index is -4.62. The third kappa shape index (κ3) is 10.1. The van der Waals surface area contributed by atoms with Gasteiger partial charge in [-0.3, -0.25) is 19.6 Å². The zero-order valence-corrected chi connectivity index (χ0v) is 36.7. The topological polar surface area (TPSA) is 121 Å². The van der Waals surface area contributed by atoms with Crippen LogP contribution in [0.1, 0.15) is 63.3 Å². The Balaban J connectivity index is 0.000000196. The maximum Gasteiger partial charge on any atom is 0.433 e. The molecular weight excluding hydrogens is 912 g/mol. The van der Waals surface area contributed by atoms with Crippen LogP contribution < -0.4 is 10.9 Å². The van der Waals surface area contributed by atoms with E-state index in [9.17, 15) is 35.9 Å². The largest absolute Gasteiger partial charge is 0.433 e. The van der Waals surface area contributed by atoms with Crippen LogP contribution >= 0.6 is 23.2 Å². The van der Waals surface area contributed by atoms with E-state index in [1.807, 2.05) is 19.9 Å². The zero-order chi connectivity index (χ0) is 47.8. The van der Waals surface area contributed by atoms with E-state index in [1.165, 1.54) is 16.8 Å². The van der Waals surface area contributed by atoms with Crippen LogP contribution in [0.15, 0.2) is 107 Å². The first-order valence-electron chi connectivity index (χ1n) is 19.6. The second-order valence-corrected chi connectivity index (χ2v) is 15.8. The van der Waals surface area contributed by atoms with Gasteiger partial charge in [0.05, 0.1) is 22.4 Å². The quantitative estimate of drug-likeness (QED) is 0.151. The van der Waals surface area contributed by atoms with Gasteiger partial charge in [-0.15, -0.1) is 0 Å². The van der Waals surface area contributed by atoms with Crippen molar-refractivity contribution in [2.75, 3.05) is 0 Å². The number of aryl methyl sites for hydroxylation is 4. The van der Waals surface area contributed by atoms with Crippen molar-refractivity contribution in [3.8, 4) is 11.4 Å². The zero-order valence-electron chi connectivity index (χ0n) is 35.2. The molecule has 0 bridgehead atoms. The van der Waals surface area contributed by atoms with Crippen molar-refractivity contribution in [2.24, 2.45) is 0 Å². The fourth-order valence-electron chi connectivity index (χ4n) is 6.52. The Morgan fingerprint density at radius 3 is 1.55 bits per heavy atom. The molecule has 10 nitrogen and oxygen atoms in total. The molecule has 336 valence electrons. The predicted octanol–water partition coefficient (Wildman–Crippen LogP) is 12.0. The van der Waals surface area contributed by atoms with Crippen molar-refractivity contribution in [3.63, 3.8) is 0 Å². The van der Waals surface area contributed by atoms with E-state index < -0.39 is 46.1 Å². The van der Waals surface area contributed by atoms with Crippen LogP contribution in [0.4, 0.5) is 30.7 Å². The standard InChI is InChI=1S/C24H18ClF3N4O.C23H15ClF4N4O/c1-13-11-19-22(30-15(13)3)23(33)21(31-32(19)18-6-4-17(25)5-7-18)14(2)10-16-8-9-29-20(12-16)24(26,27)28;1-12-9-18-21(30-13(12)2)22(33)20(31-32(18)16-6-4-15(24)5-7-16)17(25)10-14-3-8-19(29-11-14)23(26,27)28/h4-12H,1-3H3;3-11H,1-2H3/b14-10+;17-10-. The molecule has 0 atom stereocenters. The van der Waals surface area contributed by atoms with Gasteiger partial charge in [-0.25, -0.2) is 23.7 Å². The molecule has 0 amide bonds. The lowest BCUT2D eigenvalue weighted by Crippen LogP contribution is -2.19. The average Bonchev–Trinajstić information content (AvgIpc) is 3.26. The van der Waals surface area contributed by atoms with Gasteiger partial charge in [0.2, 0.25) is 10.9 Å². The summed E-state index contributed by atoms with van der Waals surface area (Å²) in [6, 6.07) is 21.2. The number of rotatable bonds is 6. The lowest BCUT2D eigenvalue weighted by Gasteiger charge is -2.14. The number of halogens is 9. The Morgan fingerprint density at radius 2 is 1.08 bits per heavy atom. The molecule has 8 rings (SSSR count). The van der Waals surface area contributed by atoms with E-state index in [0.717, 1.165) is 47.8 Å². The highest BCUT2D eigenvalue weighted by Crippen LogP contribution is 2.30. The fraction of sp³-hybridized carbons (Fsp3) is 0.149. The van der Waals surface area contributed by atoms with Crippen molar-refractivity contribution < 1.29 is 30.7 Å². The summed E-state index contributed by atoms with van der Waals surface area (Å²) in [5.41, 5.74) is 2.24. The van der Waals surface area contributed by atoms with Gasteiger partial charge in [0.1, 0.15) is 28.1 Å². The molecule has 6 aromatic heterocycles. The third-order valence-corrected chi connectivity index (χ3v) is 10.7. The average molecular weight is 946 g/mol. The van der Waals surface area contributed by atoms with Gasteiger partial charge < -0.3 is 0 Å². The van der Waals surface area contributed by atoms with Crippen molar-refractivity contribution in [3.05, 3.63) is 184 Å². The molecule has 0 radical (unpaired) electrons. The molecule has 0 saturated heterocycles. The predicted molar refractivity (Wildman–Crippen MR) is 240 cm³/mol. The van der Waals surface area contributed by atoms with E-state index in [2.05, 4.69) is 30.1 Å². The van der Waals surface area contributed by atoms with E-state index in [1.54, 1.807) is 80.1 Å². The highest BCUT2D eigenvalue weighted by atomic mass is 35.5. The molecule has 0 unspecified atom stereocenters. The molecule has 0 saturated carbocycles. The summed E-state index contributed by atoms with van der Waals surface area (Å²) >= 11 is 12.0. The van der Waals surface area contributed by atoms with Crippen LogP contribution in [-0.4, -0.2) is 39.5 Å². The van der Waals surface area contributed by atoms with Crippen LogP contribution in [0.3, 0.4) is 0 Å². The Labute approximate surface area is 380 Å². The number of allylic oxidation sites excluding steroid dienone is 1. The second kappa shape index (κ2) is 18.4. The highest BCUT2D eigenvalue weighted by Gasteiger charge is 2.33. The summed E-state index contributed by atoms with van der Waals surface area (Å²) in [5, 5.41) is 9.78. The van der Waals surface area contributed by atoms with Gasteiger partial charge in [0.15, 0.2) is 11.5 Å². The van der Waals surface area contributed by atoms with Crippen LogP contribution in [0, 0.1) is 27.7 Å². The van der Waals surface area contributed by atoms with Crippen LogP contribution in [0.5, 0.6) is 0 Å². The SMILES string of the molecule is C/C(=C\c1ccnc(C(F)(F)F)c1)c1nn(-c2ccc(Cl)cc2)c2cc(C)c(C)nc2c1=O.Cc1cc2c(nc1C)c(=O)c(/C(F)=C/c1ccc(C(F)(F)F)nc1)nn2-c1ccc(Cl)cc1. The minimum Gasteiger partial charge on any atom is -0.285 e. The molecular formula is C47H33Cl2F7N8O2. The maximum atomic E-state index is 15.2. The summed E-state index contributed by atoms with van der Waals surface area (Å²) in [4.78, 5) is 41.8. The molecule has 19 heteroatoms. The first-order chi connectivity index (χ1) is 31.1. The molecule has 2 aromatic carbocycles. The van der Waals surface area contributed by atoms with E-state index >= 15 is 4.39 Å². The summed E-state index contributed by atoms with van der Waals surface area (Å²) in [5.74, 6) is -1.04.